The zero-order valence-electron chi connectivity index (χ0n) is 9.97. The lowest BCUT2D eigenvalue weighted by atomic mass is 10.2. The third-order valence-electron chi connectivity index (χ3n) is 2.07. The summed E-state index contributed by atoms with van der Waals surface area (Å²) in [4.78, 5) is 15.6. The smallest absolute Gasteiger partial charge is 0.269 e. The molecule has 1 rings (SSSR count). The monoisotopic (exact) mass is 259 g/mol. The number of anilines is 1. The summed E-state index contributed by atoms with van der Waals surface area (Å²) in [6, 6.07) is 4.98. The molecule has 0 bridgehead atoms. The molecule has 0 fully saturated rings. The van der Waals surface area contributed by atoms with Crippen molar-refractivity contribution < 1.29 is 9.53 Å². The van der Waals surface area contributed by atoms with Gasteiger partial charge in [-0.25, -0.2) is 4.98 Å². The summed E-state index contributed by atoms with van der Waals surface area (Å²) in [5.74, 6) is 0.405. The molecule has 1 aromatic heterocycles. The van der Waals surface area contributed by atoms with Crippen molar-refractivity contribution in [2.24, 2.45) is 5.92 Å². The minimum Gasteiger partial charge on any atom is -0.384 e. The topological polar surface area (TPSA) is 77.2 Å². The fourth-order valence-corrected chi connectivity index (χ4v) is 1.28. The minimum absolute atomic E-state index is 0. The van der Waals surface area contributed by atoms with Crippen LogP contribution in [0.3, 0.4) is 0 Å². The number of nitrogens with zero attached hydrogens (tertiary/aromatic N) is 1. The SMILES string of the molecule is COCC(C)CNC(=O)c1cccc(N)n1.Cl. The first-order chi connectivity index (χ1) is 7.63. The van der Waals surface area contributed by atoms with E-state index in [2.05, 4.69) is 10.3 Å². The Hall–Kier alpha value is -1.33. The third kappa shape index (κ3) is 5.51. The summed E-state index contributed by atoms with van der Waals surface area (Å²) < 4.78 is 4.97. The number of hydrogen-bond donors (Lipinski definition) is 2. The molecule has 0 radical (unpaired) electrons. The predicted molar refractivity (Wildman–Crippen MR) is 69.3 cm³/mol. The number of hydrogen-bond acceptors (Lipinski definition) is 4. The molecule has 0 aliphatic carbocycles. The summed E-state index contributed by atoms with van der Waals surface area (Å²) in [6.07, 6.45) is 0. The molecule has 0 saturated carbocycles. The maximum absolute atomic E-state index is 11.6. The number of nitrogens with one attached hydrogen (secondary N) is 1. The van der Waals surface area contributed by atoms with E-state index in [0.29, 0.717) is 24.7 Å². The van der Waals surface area contributed by atoms with E-state index in [4.69, 9.17) is 10.5 Å². The number of pyridine rings is 1. The molecule has 3 N–H and O–H groups in total. The van der Waals surface area contributed by atoms with Gasteiger partial charge in [0.05, 0.1) is 6.61 Å². The third-order valence-corrected chi connectivity index (χ3v) is 2.07. The van der Waals surface area contributed by atoms with E-state index in [-0.39, 0.29) is 24.2 Å². The van der Waals surface area contributed by atoms with Crippen molar-refractivity contribution in [3.63, 3.8) is 0 Å². The van der Waals surface area contributed by atoms with Crippen LogP contribution in [0.2, 0.25) is 0 Å². The molecule has 5 nitrogen and oxygen atoms in total. The fourth-order valence-electron chi connectivity index (χ4n) is 1.28. The number of rotatable bonds is 5. The molecule has 1 amide bonds. The van der Waals surface area contributed by atoms with Gasteiger partial charge in [0.15, 0.2) is 0 Å². The Labute approximate surface area is 107 Å². The highest BCUT2D eigenvalue weighted by Crippen LogP contribution is 2.00. The van der Waals surface area contributed by atoms with Crippen molar-refractivity contribution in [3.8, 4) is 0 Å². The van der Waals surface area contributed by atoms with Crippen molar-refractivity contribution in [2.75, 3.05) is 26.0 Å². The summed E-state index contributed by atoms with van der Waals surface area (Å²) >= 11 is 0. The number of methoxy groups -OCH3 is 1. The quantitative estimate of drug-likeness (QED) is 0.830. The lowest BCUT2D eigenvalue weighted by Crippen LogP contribution is -2.30. The molecule has 1 heterocycles. The summed E-state index contributed by atoms with van der Waals surface area (Å²) in [6.45, 7) is 3.17. The van der Waals surface area contributed by atoms with Gasteiger partial charge in [-0.1, -0.05) is 13.0 Å². The largest absolute Gasteiger partial charge is 0.384 e. The summed E-state index contributed by atoms with van der Waals surface area (Å²) in [5, 5.41) is 2.77. The lowest BCUT2D eigenvalue weighted by molar-refractivity contribution is 0.0929. The Morgan fingerprint density at radius 3 is 2.88 bits per heavy atom. The van der Waals surface area contributed by atoms with Crippen LogP contribution in [0.5, 0.6) is 0 Å². The highest BCUT2D eigenvalue weighted by atomic mass is 35.5. The predicted octanol–water partition coefficient (Wildman–Crippen LogP) is 1.10. The van der Waals surface area contributed by atoms with Crippen LogP contribution in [-0.4, -0.2) is 31.2 Å². The molecular weight excluding hydrogens is 242 g/mol. The average molecular weight is 260 g/mol. The number of aromatic nitrogens is 1. The molecule has 1 atom stereocenters. The van der Waals surface area contributed by atoms with E-state index in [1.165, 1.54) is 0 Å². The van der Waals surface area contributed by atoms with Crippen molar-refractivity contribution in [3.05, 3.63) is 23.9 Å². The highest BCUT2D eigenvalue weighted by molar-refractivity contribution is 5.92. The van der Waals surface area contributed by atoms with E-state index < -0.39 is 0 Å². The van der Waals surface area contributed by atoms with Crippen molar-refractivity contribution in [1.82, 2.24) is 10.3 Å². The molecule has 1 aromatic rings. The molecular formula is C11H18ClN3O2. The molecule has 0 saturated heterocycles. The molecule has 1 unspecified atom stereocenters. The van der Waals surface area contributed by atoms with Gasteiger partial charge in [-0.2, -0.15) is 0 Å². The Morgan fingerprint density at radius 2 is 2.29 bits per heavy atom. The Bertz CT molecular complexity index is 360. The fraction of sp³-hybridized carbons (Fsp3) is 0.455. The van der Waals surface area contributed by atoms with E-state index in [1.54, 1.807) is 25.3 Å². The van der Waals surface area contributed by atoms with Crippen LogP contribution in [0.1, 0.15) is 17.4 Å². The molecule has 0 aromatic carbocycles. The Balaban J connectivity index is 0.00000256. The average Bonchev–Trinajstić information content (AvgIpc) is 2.26. The number of halogens is 1. The first kappa shape index (κ1) is 15.7. The van der Waals surface area contributed by atoms with Gasteiger partial charge in [0.25, 0.3) is 5.91 Å². The van der Waals surface area contributed by atoms with Crippen molar-refractivity contribution in [1.29, 1.82) is 0 Å². The second kappa shape index (κ2) is 7.86. The molecule has 0 spiro atoms. The number of carbonyl (C=O) groups excluding carboxylic acids is 1. The van der Waals surface area contributed by atoms with Crippen LogP contribution in [0, 0.1) is 5.92 Å². The summed E-state index contributed by atoms with van der Waals surface area (Å²) in [7, 11) is 1.64. The van der Waals surface area contributed by atoms with Gasteiger partial charge in [0, 0.05) is 13.7 Å². The first-order valence-electron chi connectivity index (χ1n) is 5.13. The van der Waals surface area contributed by atoms with Crippen LogP contribution in [0.15, 0.2) is 18.2 Å². The maximum Gasteiger partial charge on any atom is 0.269 e. The molecule has 0 aliphatic heterocycles. The number of ether oxygens (including phenoxy) is 1. The normalized spacial score (nSPS) is 11.4. The highest BCUT2D eigenvalue weighted by Gasteiger charge is 2.08. The number of amides is 1. The van der Waals surface area contributed by atoms with E-state index in [0.717, 1.165) is 0 Å². The number of carbonyl (C=O) groups is 1. The second-order valence-corrected chi connectivity index (χ2v) is 3.72. The first-order valence-corrected chi connectivity index (χ1v) is 5.13. The van der Waals surface area contributed by atoms with E-state index in [9.17, 15) is 4.79 Å². The minimum atomic E-state index is -0.213. The van der Waals surface area contributed by atoms with Gasteiger partial charge in [-0.3, -0.25) is 4.79 Å². The molecule has 96 valence electrons. The van der Waals surface area contributed by atoms with Gasteiger partial charge >= 0.3 is 0 Å². The standard InChI is InChI=1S/C11H17N3O2.ClH/c1-8(7-16-2)6-13-11(15)9-4-3-5-10(12)14-9;/h3-5,8H,6-7H2,1-2H3,(H2,12,14)(H,13,15);1H. The van der Waals surface area contributed by atoms with Crippen molar-refractivity contribution >= 4 is 24.1 Å². The summed E-state index contributed by atoms with van der Waals surface area (Å²) in [5.41, 5.74) is 5.83. The molecule has 0 aliphatic rings. The van der Waals surface area contributed by atoms with Gasteiger partial charge in [-0.05, 0) is 18.1 Å². The van der Waals surface area contributed by atoms with Gasteiger partial charge in [0.2, 0.25) is 0 Å². The zero-order valence-corrected chi connectivity index (χ0v) is 10.8. The molecule has 17 heavy (non-hydrogen) atoms. The van der Waals surface area contributed by atoms with Crippen molar-refractivity contribution in [2.45, 2.75) is 6.92 Å². The van der Waals surface area contributed by atoms with Crippen LogP contribution in [-0.2, 0) is 4.74 Å². The van der Waals surface area contributed by atoms with Crippen LogP contribution in [0.25, 0.3) is 0 Å². The zero-order chi connectivity index (χ0) is 12.0. The number of nitrogen functional groups attached to an aromatic ring is 1. The van der Waals surface area contributed by atoms with Crippen LogP contribution >= 0.6 is 12.4 Å². The van der Waals surface area contributed by atoms with Crippen LogP contribution < -0.4 is 11.1 Å². The van der Waals surface area contributed by atoms with Crippen LogP contribution in [0.4, 0.5) is 5.82 Å². The van der Waals surface area contributed by atoms with Gasteiger partial charge < -0.3 is 15.8 Å². The van der Waals surface area contributed by atoms with Gasteiger partial charge in [-0.15, -0.1) is 12.4 Å². The number of nitrogens with two attached hydrogens (primary N) is 1. The van der Waals surface area contributed by atoms with E-state index >= 15 is 0 Å². The maximum atomic E-state index is 11.6. The Morgan fingerprint density at radius 1 is 1.59 bits per heavy atom. The molecule has 6 heteroatoms. The lowest BCUT2D eigenvalue weighted by Gasteiger charge is -2.11. The van der Waals surface area contributed by atoms with Gasteiger partial charge in [0.1, 0.15) is 11.5 Å². The second-order valence-electron chi connectivity index (χ2n) is 3.72. The Kier molecular flexibility index (Phi) is 7.25. The van der Waals surface area contributed by atoms with E-state index in [1.807, 2.05) is 6.92 Å².